The van der Waals surface area contributed by atoms with Gasteiger partial charge in [0.2, 0.25) is 0 Å². The van der Waals surface area contributed by atoms with Crippen molar-refractivity contribution in [3.63, 3.8) is 0 Å². The van der Waals surface area contributed by atoms with E-state index in [0.29, 0.717) is 18.7 Å². The first-order valence-corrected chi connectivity index (χ1v) is 17.1. The van der Waals surface area contributed by atoms with Crippen LogP contribution in [-0.4, -0.2) is 51.7 Å². The van der Waals surface area contributed by atoms with Gasteiger partial charge in [0.1, 0.15) is 0 Å². The van der Waals surface area contributed by atoms with Crippen LogP contribution in [-0.2, 0) is 22.6 Å². The Hall–Kier alpha value is -4.70. The summed E-state index contributed by atoms with van der Waals surface area (Å²) in [6, 6.07) is 37.3. The third kappa shape index (κ3) is 8.35. The molecule has 1 saturated heterocycles. The van der Waals surface area contributed by atoms with Crippen molar-refractivity contribution in [1.29, 1.82) is 0 Å². The molecule has 3 N–H and O–H groups in total. The molecular formula is C42H45N3O5. The van der Waals surface area contributed by atoms with Crippen LogP contribution in [0.15, 0.2) is 128 Å². The molecule has 258 valence electrons. The molecule has 0 saturated carbocycles. The zero-order valence-corrected chi connectivity index (χ0v) is 28.7. The summed E-state index contributed by atoms with van der Waals surface area (Å²) in [7, 11) is 2.02. The second-order valence-electron chi connectivity index (χ2n) is 13.1. The zero-order valence-electron chi connectivity index (χ0n) is 28.7. The summed E-state index contributed by atoms with van der Waals surface area (Å²) in [6.45, 7) is 5.16. The molecule has 0 bridgehead atoms. The molecule has 6 rings (SSSR count). The predicted octanol–water partition coefficient (Wildman–Crippen LogP) is 7.02. The Balaban J connectivity index is 1.19. The minimum absolute atomic E-state index is 0.00963. The molecule has 1 fully saturated rings. The second-order valence-corrected chi connectivity index (χ2v) is 13.1. The first-order chi connectivity index (χ1) is 24.3. The van der Waals surface area contributed by atoms with Crippen LogP contribution in [0.4, 0.5) is 0 Å². The molecule has 1 aliphatic heterocycles. The number of ether oxygens (including phenoxy) is 2. The van der Waals surface area contributed by atoms with Crippen molar-refractivity contribution < 1.29 is 24.5 Å². The van der Waals surface area contributed by atoms with Gasteiger partial charge < -0.3 is 25.0 Å². The first kappa shape index (κ1) is 35.1. The predicted molar refractivity (Wildman–Crippen MR) is 194 cm³/mol. The largest absolute Gasteiger partial charge is 0.392 e. The van der Waals surface area contributed by atoms with E-state index in [2.05, 4.69) is 46.4 Å². The highest BCUT2D eigenvalue weighted by atomic mass is 16.7. The number of nitrogens with zero attached hydrogens (tertiary/aromatic N) is 2. The summed E-state index contributed by atoms with van der Waals surface area (Å²) in [4.78, 5) is 18.7. The van der Waals surface area contributed by atoms with E-state index in [1.165, 1.54) is 0 Å². The maximum Gasteiger partial charge on any atom is 0.253 e. The van der Waals surface area contributed by atoms with Crippen LogP contribution in [0.25, 0.3) is 11.1 Å². The quantitative estimate of drug-likeness (QED) is 0.131. The fourth-order valence-corrected chi connectivity index (χ4v) is 6.42. The van der Waals surface area contributed by atoms with Gasteiger partial charge in [-0.3, -0.25) is 14.7 Å². The van der Waals surface area contributed by atoms with Crippen molar-refractivity contribution in [1.82, 2.24) is 15.2 Å². The van der Waals surface area contributed by atoms with E-state index < -0.39 is 12.4 Å². The van der Waals surface area contributed by atoms with Crippen molar-refractivity contribution in [2.45, 2.75) is 57.6 Å². The molecule has 8 nitrogen and oxygen atoms in total. The number of carbonyl (C=O) groups is 1. The van der Waals surface area contributed by atoms with Gasteiger partial charge in [-0.2, -0.15) is 0 Å². The van der Waals surface area contributed by atoms with Gasteiger partial charge in [0, 0.05) is 43.0 Å². The van der Waals surface area contributed by atoms with Gasteiger partial charge in [-0.05, 0) is 65.6 Å². The van der Waals surface area contributed by atoms with Crippen molar-refractivity contribution >= 4 is 5.91 Å². The molecule has 0 radical (unpaired) electrons. The van der Waals surface area contributed by atoms with E-state index in [1.807, 2.05) is 92.8 Å². The minimum Gasteiger partial charge on any atom is -0.392 e. The van der Waals surface area contributed by atoms with E-state index in [-0.39, 0.29) is 36.7 Å². The zero-order chi connectivity index (χ0) is 35.0. The molecule has 5 aromatic rings. The summed E-state index contributed by atoms with van der Waals surface area (Å²) in [5, 5.41) is 23.7. The number of hydrogen-bond donors (Lipinski definition) is 3. The van der Waals surface area contributed by atoms with Crippen LogP contribution in [0.2, 0.25) is 0 Å². The molecule has 0 unspecified atom stereocenters. The lowest BCUT2D eigenvalue weighted by Crippen LogP contribution is -2.46. The second kappa shape index (κ2) is 16.3. The van der Waals surface area contributed by atoms with E-state index in [0.717, 1.165) is 38.9 Å². The van der Waals surface area contributed by atoms with Crippen molar-refractivity contribution in [3.8, 4) is 11.1 Å². The normalized spacial score (nSPS) is 20.3. The Morgan fingerprint density at radius 3 is 2.30 bits per heavy atom. The molecule has 1 aliphatic rings. The number of hydrogen-bond acceptors (Lipinski definition) is 7. The number of likely N-dealkylation sites (N-methyl/N-ethyl adjacent to an activating group) is 1. The van der Waals surface area contributed by atoms with Gasteiger partial charge in [0.05, 0.1) is 30.5 Å². The van der Waals surface area contributed by atoms with Crippen LogP contribution < -0.4 is 5.32 Å². The number of benzene rings is 4. The van der Waals surface area contributed by atoms with Crippen LogP contribution >= 0.6 is 0 Å². The van der Waals surface area contributed by atoms with Crippen LogP contribution in [0.3, 0.4) is 0 Å². The first-order valence-electron chi connectivity index (χ1n) is 17.1. The molecular weight excluding hydrogens is 626 g/mol. The van der Waals surface area contributed by atoms with E-state index in [4.69, 9.17) is 9.47 Å². The minimum atomic E-state index is -0.641. The summed E-state index contributed by atoms with van der Waals surface area (Å²) in [5.74, 6) is -0.154. The summed E-state index contributed by atoms with van der Waals surface area (Å²) in [5.41, 5.74) is 7.25. The van der Waals surface area contributed by atoms with Gasteiger partial charge in [-0.15, -0.1) is 0 Å². The number of rotatable bonds is 12. The summed E-state index contributed by atoms with van der Waals surface area (Å²) in [6.07, 6.45) is 1.52. The SMILES string of the molecule is C[C@H]1[C@@H](CN(C)[C@H](C)[C@@H](O)c2ccccc2)O[C@@H](c2ccc(-c3cccc(CNC(=O)c4cccnc4)c3)cc2)O[C@H]1c1ccc(CO)cc1. The summed E-state index contributed by atoms with van der Waals surface area (Å²) >= 11 is 0. The fourth-order valence-electron chi connectivity index (χ4n) is 6.42. The van der Waals surface area contributed by atoms with Crippen molar-refractivity contribution in [3.05, 3.63) is 161 Å². The molecule has 1 amide bonds. The van der Waals surface area contributed by atoms with Crippen LogP contribution in [0, 0.1) is 5.92 Å². The lowest BCUT2D eigenvalue weighted by atomic mass is 9.89. The number of pyridine rings is 1. The fraction of sp³-hybridized carbons (Fsp3) is 0.286. The van der Waals surface area contributed by atoms with Gasteiger partial charge in [0.15, 0.2) is 6.29 Å². The van der Waals surface area contributed by atoms with E-state index in [9.17, 15) is 15.0 Å². The van der Waals surface area contributed by atoms with Gasteiger partial charge in [0.25, 0.3) is 5.91 Å². The van der Waals surface area contributed by atoms with Gasteiger partial charge in [-0.1, -0.05) is 104 Å². The molecule has 8 heteroatoms. The number of amides is 1. The monoisotopic (exact) mass is 671 g/mol. The Labute approximate surface area is 294 Å². The van der Waals surface area contributed by atoms with E-state index in [1.54, 1.807) is 24.5 Å². The van der Waals surface area contributed by atoms with Crippen molar-refractivity contribution in [2.75, 3.05) is 13.6 Å². The van der Waals surface area contributed by atoms with Gasteiger partial charge >= 0.3 is 0 Å². The maximum atomic E-state index is 12.5. The highest BCUT2D eigenvalue weighted by Crippen LogP contribution is 2.42. The Morgan fingerprint density at radius 1 is 0.860 bits per heavy atom. The molecule has 50 heavy (non-hydrogen) atoms. The van der Waals surface area contributed by atoms with Crippen LogP contribution in [0.5, 0.6) is 0 Å². The third-order valence-electron chi connectivity index (χ3n) is 9.70. The molecule has 0 aliphatic carbocycles. The molecule has 6 atom stereocenters. The maximum absolute atomic E-state index is 12.5. The molecule has 0 spiro atoms. The molecule has 1 aromatic heterocycles. The smallest absolute Gasteiger partial charge is 0.253 e. The Bertz CT molecular complexity index is 1820. The van der Waals surface area contributed by atoms with Gasteiger partial charge in [-0.25, -0.2) is 0 Å². The number of aromatic nitrogens is 1. The highest BCUT2D eigenvalue weighted by Gasteiger charge is 2.39. The number of nitrogens with one attached hydrogen (secondary N) is 1. The average Bonchev–Trinajstić information content (AvgIpc) is 3.18. The standard InChI is InChI=1S/C42H45N3O5/c1-28-38(26-45(3)29(2)39(47)33-10-5-4-6-11-33)49-42(50-40(28)34-16-14-30(27-46)15-17-34)35-20-18-32(19-21-35)36-12-7-9-31(23-36)24-44-41(48)37-13-8-22-43-25-37/h4-23,25,28-29,38-40,42,46-47H,24,26-27H2,1-3H3,(H,44,48)/t28-,29+,38+,39+,40+,42+/m0/s1. The van der Waals surface area contributed by atoms with Crippen molar-refractivity contribution in [2.24, 2.45) is 5.92 Å². The average molecular weight is 672 g/mol. The lowest BCUT2D eigenvalue weighted by Gasteiger charge is -2.43. The number of aliphatic hydroxyl groups excluding tert-OH is 2. The topological polar surface area (TPSA) is 104 Å². The van der Waals surface area contributed by atoms with E-state index >= 15 is 0 Å². The molecule has 2 heterocycles. The Kier molecular flexibility index (Phi) is 11.5. The molecule has 4 aromatic carbocycles. The van der Waals surface area contributed by atoms with Crippen LogP contribution in [0.1, 0.15) is 70.5 Å². The highest BCUT2D eigenvalue weighted by molar-refractivity contribution is 5.93. The summed E-state index contributed by atoms with van der Waals surface area (Å²) < 4.78 is 13.4. The lowest BCUT2D eigenvalue weighted by molar-refractivity contribution is -0.276. The third-order valence-corrected chi connectivity index (χ3v) is 9.70. The Morgan fingerprint density at radius 2 is 1.60 bits per heavy atom. The number of aliphatic hydroxyl groups is 2. The number of carbonyl (C=O) groups excluding carboxylic acids is 1.